The number of benzene rings is 2. The van der Waals surface area contributed by atoms with Gasteiger partial charge in [-0.25, -0.2) is 0 Å². The molecule has 124 valence electrons. The number of allylic oxidation sites excluding steroid dienone is 1. The molecule has 2 aromatic rings. The van der Waals surface area contributed by atoms with Crippen LogP contribution in [0.1, 0.15) is 15.9 Å². The summed E-state index contributed by atoms with van der Waals surface area (Å²) >= 11 is 0. The van der Waals surface area contributed by atoms with Crippen molar-refractivity contribution in [2.45, 2.75) is 0 Å². The van der Waals surface area contributed by atoms with E-state index >= 15 is 0 Å². The molecule has 0 aromatic heterocycles. The number of phenols is 1. The Kier molecular flexibility index (Phi) is 4.29. The molecule has 3 rings (SSSR count). The van der Waals surface area contributed by atoms with Crippen molar-refractivity contribution in [3.05, 3.63) is 47.5 Å². The van der Waals surface area contributed by atoms with Gasteiger partial charge in [0.25, 0.3) is 0 Å². The van der Waals surface area contributed by atoms with Crippen molar-refractivity contribution in [3.8, 4) is 28.7 Å². The van der Waals surface area contributed by atoms with Crippen LogP contribution in [0.2, 0.25) is 0 Å². The molecule has 0 spiro atoms. The second-order valence-corrected chi connectivity index (χ2v) is 5.04. The second-order valence-electron chi connectivity index (χ2n) is 5.04. The highest BCUT2D eigenvalue weighted by Gasteiger charge is 2.18. The summed E-state index contributed by atoms with van der Waals surface area (Å²) in [6.07, 6.45) is 3.00. The van der Waals surface area contributed by atoms with Crippen LogP contribution in [-0.2, 0) is 0 Å². The van der Waals surface area contributed by atoms with E-state index in [4.69, 9.17) is 18.9 Å². The highest BCUT2D eigenvalue weighted by Crippen LogP contribution is 2.41. The van der Waals surface area contributed by atoms with Crippen LogP contribution in [0.25, 0.3) is 6.08 Å². The van der Waals surface area contributed by atoms with Crippen molar-refractivity contribution >= 4 is 11.9 Å². The lowest BCUT2D eigenvalue weighted by molar-refractivity contribution is 0.104. The minimum Gasteiger partial charge on any atom is -0.504 e. The average molecular weight is 328 g/mol. The smallest absolute Gasteiger partial charge is 0.231 e. The van der Waals surface area contributed by atoms with Crippen LogP contribution in [0.5, 0.6) is 28.7 Å². The summed E-state index contributed by atoms with van der Waals surface area (Å²) in [7, 11) is 3.04. The van der Waals surface area contributed by atoms with E-state index in [1.807, 2.05) is 0 Å². The van der Waals surface area contributed by atoms with Crippen molar-refractivity contribution in [2.75, 3.05) is 21.0 Å². The van der Waals surface area contributed by atoms with E-state index < -0.39 is 0 Å². The molecule has 0 bridgehead atoms. The summed E-state index contributed by atoms with van der Waals surface area (Å²) in [6.45, 7) is 0.0675. The highest BCUT2D eigenvalue weighted by atomic mass is 16.7. The Morgan fingerprint density at radius 3 is 2.75 bits per heavy atom. The van der Waals surface area contributed by atoms with Gasteiger partial charge in [-0.1, -0.05) is 6.08 Å². The first kappa shape index (κ1) is 15.7. The molecule has 0 atom stereocenters. The Bertz CT molecular complexity index is 809. The Hall–Kier alpha value is -3.15. The Morgan fingerprint density at radius 1 is 1.17 bits per heavy atom. The molecule has 0 amide bonds. The van der Waals surface area contributed by atoms with Crippen LogP contribution in [0.15, 0.2) is 36.4 Å². The molecule has 0 saturated heterocycles. The number of methoxy groups -OCH3 is 2. The average Bonchev–Trinajstić information content (AvgIpc) is 3.08. The summed E-state index contributed by atoms with van der Waals surface area (Å²) in [5, 5.41) is 9.88. The molecular weight excluding hydrogens is 312 g/mol. The third kappa shape index (κ3) is 2.99. The number of hydrogen-bond donors (Lipinski definition) is 1. The Labute approximate surface area is 138 Å². The molecule has 1 aliphatic heterocycles. The van der Waals surface area contributed by atoms with E-state index in [-0.39, 0.29) is 18.3 Å². The molecular formula is C18H16O6. The number of fused-ring (bicyclic) bond motifs is 1. The number of ether oxygens (including phenoxy) is 4. The maximum atomic E-state index is 12.4. The maximum Gasteiger partial charge on any atom is 0.231 e. The van der Waals surface area contributed by atoms with Gasteiger partial charge in [-0.05, 0) is 35.9 Å². The van der Waals surface area contributed by atoms with E-state index in [1.54, 1.807) is 37.5 Å². The fraction of sp³-hybridized carbons (Fsp3) is 0.167. The van der Waals surface area contributed by atoms with Crippen molar-refractivity contribution in [2.24, 2.45) is 0 Å². The lowest BCUT2D eigenvalue weighted by Gasteiger charge is -2.08. The number of carbonyl (C=O) groups excluding carboxylic acids is 1. The summed E-state index contributed by atoms with van der Waals surface area (Å²) in [5.41, 5.74) is 1.04. The molecule has 0 fully saturated rings. The minimum absolute atomic E-state index is 0.0286. The van der Waals surface area contributed by atoms with Gasteiger partial charge < -0.3 is 24.1 Å². The second kappa shape index (κ2) is 6.54. The molecule has 2 aromatic carbocycles. The van der Waals surface area contributed by atoms with Crippen LogP contribution < -0.4 is 18.9 Å². The minimum atomic E-state index is -0.230. The number of aromatic hydroxyl groups is 1. The standard InChI is InChI=1S/C18H16O6/c1-21-12-4-5-13(16(9-12)22-2)14(19)6-3-11-7-15(20)18-17(8-11)23-10-24-18/h3-9,20H,10H2,1-2H3. The molecule has 0 aliphatic carbocycles. The first-order chi connectivity index (χ1) is 11.6. The van der Waals surface area contributed by atoms with Crippen LogP contribution in [0, 0.1) is 0 Å². The number of phenolic OH excluding ortho intramolecular Hbond substituents is 1. The predicted octanol–water partition coefficient (Wildman–Crippen LogP) is 3.03. The predicted molar refractivity (Wildman–Crippen MR) is 87.1 cm³/mol. The van der Waals surface area contributed by atoms with Crippen molar-refractivity contribution in [1.82, 2.24) is 0 Å². The van der Waals surface area contributed by atoms with Gasteiger partial charge in [-0.2, -0.15) is 0 Å². The summed E-state index contributed by atoms with van der Waals surface area (Å²) < 4.78 is 20.7. The third-order valence-electron chi connectivity index (χ3n) is 3.58. The zero-order chi connectivity index (χ0) is 17.1. The van der Waals surface area contributed by atoms with Crippen molar-refractivity contribution < 1.29 is 28.8 Å². The molecule has 0 unspecified atom stereocenters. The van der Waals surface area contributed by atoms with E-state index in [1.165, 1.54) is 19.3 Å². The fourth-order valence-corrected chi connectivity index (χ4v) is 2.37. The van der Waals surface area contributed by atoms with Crippen molar-refractivity contribution in [3.63, 3.8) is 0 Å². The van der Waals surface area contributed by atoms with E-state index in [9.17, 15) is 9.90 Å². The first-order valence-electron chi connectivity index (χ1n) is 7.19. The molecule has 1 N–H and O–H groups in total. The van der Waals surface area contributed by atoms with Gasteiger partial charge in [0.05, 0.1) is 19.8 Å². The topological polar surface area (TPSA) is 74.2 Å². The highest BCUT2D eigenvalue weighted by molar-refractivity contribution is 6.08. The molecule has 1 aliphatic rings. The normalized spacial score (nSPS) is 12.4. The van der Waals surface area contributed by atoms with Crippen LogP contribution >= 0.6 is 0 Å². The largest absolute Gasteiger partial charge is 0.504 e. The van der Waals surface area contributed by atoms with Crippen LogP contribution in [0.3, 0.4) is 0 Å². The van der Waals surface area contributed by atoms with Crippen LogP contribution in [0.4, 0.5) is 0 Å². The molecule has 24 heavy (non-hydrogen) atoms. The number of hydrogen-bond acceptors (Lipinski definition) is 6. The number of ketones is 1. The number of carbonyl (C=O) groups is 1. The van der Waals surface area contributed by atoms with Gasteiger partial charge in [-0.3, -0.25) is 4.79 Å². The Morgan fingerprint density at radius 2 is 2.00 bits per heavy atom. The maximum absolute atomic E-state index is 12.4. The van der Waals surface area contributed by atoms with Gasteiger partial charge in [0.1, 0.15) is 11.5 Å². The van der Waals surface area contributed by atoms with Gasteiger partial charge in [0.15, 0.2) is 17.3 Å². The van der Waals surface area contributed by atoms with E-state index in [0.717, 1.165) is 0 Å². The monoisotopic (exact) mass is 328 g/mol. The molecule has 6 nitrogen and oxygen atoms in total. The third-order valence-corrected chi connectivity index (χ3v) is 3.58. The lowest BCUT2D eigenvalue weighted by Crippen LogP contribution is -1.99. The number of rotatable bonds is 5. The van der Waals surface area contributed by atoms with E-state index in [2.05, 4.69) is 0 Å². The summed E-state index contributed by atoms with van der Waals surface area (Å²) in [5.74, 6) is 1.54. The summed E-state index contributed by atoms with van der Waals surface area (Å²) in [4.78, 5) is 12.4. The van der Waals surface area contributed by atoms with Crippen molar-refractivity contribution in [1.29, 1.82) is 0 Å². The van der Waals surface area contributed by atoms with Gasteiger partial charge >= 0.3 is 0 Å². The SMILES string of the molecule is COc1ccc(C(=O)C=Cc2cc(O)c3c(c2)OCO3)c(OC)c1. The Balaban J connectivity index is 1.85. The molecule has 1 heterocycles. The van der Waals surface area contributed by atoms with Gasteiger partial charge in [0.2, 0.25) is 12.5 Å². The fourth-order valence-electron chi connectivity index (χ4n) is 2.37. The molecule has 6 heteroatoms. The lowest BCUT2D eigenvalue weighted by atomic mass is 10.1. The zero-order valence-electron chi connectivity index (χ0n) is 13.2. The molecule has 0 radical (unpaired) electrons. The van der Waals surface area contributed by atoms with Gasteiger partial charge in [0, 0.05) is 6.07 Å². The van der Waals surface area contributed by atoms with Crippen LogP contribution in [-0.4, -0.2) is 31.9 Å². The first-order valence-corrected chi connectivity index (χ1v) is 7.19. The summed E-state index contributed by atoms with van der Waals surface area (Å²) in [6, 6.07) is 8.17. The quantitative estimate of drug-likeness (QED) is 0.672. The van der Waals surface area contributed by atoms with E-state index in [0.29, 0.717) is 34.1 Å². The van der Waals surface area contributed by atoms with Gasteiger partial charge in [-0.15, -0.1) is 0 Å². The zero-order valence-corrected chi connectivity index (χ0v) is 13.2. The molecule has 0 saturated carbocycles.